The number of benzene rings is 3. The summed E-state index contributed by atoms with van der Waals surface area (Å²) in [6.45, 7) is 4.65. The molecule has 2 N–H and O–H groups in total. The van der Waals surface area contributed by atoms with Gasteiger partial charge in [0.1, 0.15) is 11.8 Å². The van der Waals surface area contributed by atoms with E-state index in [-0.39, 0.29) is 16.7 Å². The Morgan fingerprint density at radius 1 is 0.906 bits per heavy atom. The van der Waals surface area contributed by atoms with E-state index in [2.05, 4.69) is 10.0 Å². The first-order valence-electron chi connectivity index (χ1n) is 10.8. The molecule has 0 aliphatic carbocycles. The molecule has 3 rings (SSSR count). The van der Waals surface area contributed by atoms with Crippen LogP contribution in [0.2, 0.25) is 0 Å². The zero-order chi connectivity index (χ0) is 23.0. The summed E-state index contributed by atoms with van der Waals surface area (Å²) in [7, 11) is -3.84. The number of ether oxygens (including phenoxy) is 1. The predicted octanol–water partition coefficient (Wildman–Crippen LogP) is 4.12. The van der Waals surface area contributed by atoms with E-state index in [4.69, 9.17) is 4.74 Å². The summed E-state index contributed by atoms with van der Waals surface area (Å²) in [5.74, 6) is 0.291. The highest BCUT2D eigenvalue weighted by molar-refractivity contribution is 7.89. The molecule has 0 heterocycles. The van der Waals surface area contributed by atoms with Crippen LogP contribution in [0.4, 0.5) is 0 Å². The number of hydrogen-bond acceptors (Lipinski definition) is 4. The monoisotopic (exact) mass is 454 g/mol. The maximum absolute atomic E-state index is 12.9. The summed E-state index contributed by atoms with van der Waals surface area (Å²) in [6.07, 6.45) is 1.52. The summed E-state index contributed by atoms with van der Waals surface area (Å²) >= 11 is 0. The molecule has 0 saturated carbocycles. The van der Waals surface area contributed by atoms with Crippen LogP contribution in [-0.2, 0) is 14.8 Å². The summed E-state index contributed by atoms with van der Waals surface area (Å²) in [5.41, 5.74) is 0. The minimum atomic E-state index is -3.84. The molecule has 0 saturated heterocycles. The summed E-state index contributed by atoms with van der Waals surface area (Å²) in [6, 6.07) is 21.2. The summed E-state index contributed by atoms with van der Waals surface area (Å²) in [5, 5.41) is 4.64. The summed E-state index contributed by atoms with van der Waals surface area (Å²) in [4.78, 5) is 12.8. The molecule has 0 bridgehead atoms. The lowest BCUT2D eigenvalue weighted by atomic mass is 10.1. The van der Waals surface area contributed by atoms with Gasteiger partial charge in [-0.1, -0.05) is 62.4 Å². The minimum absolute atomic E-state index is 0.146. The second kappa shape index (κ2) is 11.1. The van der Waals surface area contributed by atoms with Crippen molar-refractivity contribution in [3.8, 4) is 5.75 Å². The molecule has 0 aromatic heterocycles. The minimum Gasteiger partial charge on any atom is -0.494 e. The van der Waals surface area contributed by atoms with Crippen LogP contribution in [-0.4, -0.2) is 33.5 Å². The molecule has 1 unspecified atom stereocenters. The Balaban J connectivity index is 1.52. The van der Waals surface area contributed by atoms with Crippen molar-refractivity contribution >= 4 is 26.7 Å². The van der Waals surface area contributed by atoms with E-state index in [9.17, 15) is 13.2 Å². The summed E-state index contributed by atoms with van der Waals surface area (Å²) < 4.78 is 34.1. The highest BCUT2D eigenvalue weighted by Crippen LogP contribution is 2.20. The van der Waals surface area contributed by atoms with Gasteiger partial charge in [-0.25, -0.2) is 8.42 Å². The smallest absolute Gasteiger partial charge is 0.241 e. The van der Waals surface area contributed by atoms with E-state index in [1.165, 1.54) is 0 Å². The predicted molar refractivity (Wildman–Crippen MR) is 127 cm³/mol. The van der Waals surface area contributed by atoms with Crippen LogP contribution in [0.5, 0.6) is 5.75 Å². The van der Waals surface area contributed by atoms with Crippen LogP contribution in [0.25, 0.3) is 10.8 Å². The van der Waals surface area contributed by atoms with E-state index >= 15 is 0 Å². The third-order valence-electron chi connectivity index (χ3n) is 5.14. The van der Waals surface area contributed by atoms with Crippen molar-refractivity contribution in [1.29, 1.82) is 0 Å². The Hall–Kier alpha value is -2.90. The molecule has 0 fully saturated rings. The number of hydrogen-bond donors (Lipinski definition) is 2. The number of fused-ring (bicyclic) bond motifs is 1. The van der Waals surface area contributed by atoms with Gasteiger partial charge >= 0.3 is 0 Å². The topological polar surface area (TPSA) is 84.5 Å². The molecule has 0 aliphatic heterocycles. The Labute approximate surface area is 190 Å². The molecule has 32 heavy (non-hydrogen) atoms. The fraction of sp³-hybridized carbons (Fsp3) is 0.320. The van der Waals surface area contributed by atoms with Gasteiger partial charge in [0.05, 0.1) is 11.5 Å². The fourth-order valence-corrected chi connectivity index (χ4v) is 4.70. The van der Waals surface area contributed by atoms with E-state index in [0.29, 0.717) is 13.2 Å². The molecular formula is C25H30N2O4S. The van der Waals surface area contributed by atoms with Crippen molar-refractivity contribution in [1.82, 2.24) is 10.0 Å². The standard InChI is InChI=1S/C25H30N2O4S/c1-19(2)24(25(28)26-16-8-9-17-31-22-12-4-3-5-13-22)27-32(29,30)23-15-14-20-10-6-7-11-21(20)18-23/h3-7,10-15,18-19,24,27H,8-9,16-17H2,1-2H3,(H,26,28). The van der Waals surface area contributed by atoms with E-state index in [0.717, 1.165) is 29.4 Å². The first kappa shape index (κ1) is 23.8. The lowest BCUT2D eigenvalue weighted by molar-refractivity contribution is -0.123. The number of unbranched alkanes of at least 4 members (excludes halogenated alkanes) is 1. The Bertz CT molecular complexity index is 1130. The third-order valence-corrected chi connectivity index (χ3v) is 6.58. The van der Waals surface area contributed by atoms with Gasteiger partial charge in [-0.05, 0) is 53.8 Å². The largest absolute Gasteiger partial charge is 0.494 e. The zero-order valence-corrected chi connectivity index (χ0v) is 19.3. The van der Waals surface area contributed by atoms with Crippen LogP contribution < -0.4 is 14.8 Å². The number of para-hydroxylation sites is 1. The van der Waals surface area contributed by atoms with Gasteiger partial charge in [0.15, 0.2) is 0 Å². The normalized spacial score (nSPS) is 12.6. The SMILES string of the molecule is CC(C)C(NS(=O)(=O)c1ccc2ccccc2c1)C(=O)NCCCCOc1ccccc1. The first-order chi connectivity index (χ1) is 15.4. The highest BCUT2D eigenvalue weighted by atomic mass is 32.2. The number of carbonyl (C=O) groups is 1. The maximum Gasteiger partial charge on any atom is 0.241 e. The highest BCUT2D eigenvalue weighted by Gasteiger charge is 2.28. The number of rotatable bonds is 11. The molecule has 3 aromatic carbocycles. The van der Waals surface area contributed by atoms with E-state index in [1.807, 2.05) is 68.4 Å². The van der Waals surface area contributed by atoms with Crippen LogP contribution >= 0.6 is 0 Å². The van der Waals surface area contributed by atoms with Crippen molar-refractivity contribution in [2.24, 2.45) is 5.92 Å². The average Bonchev–Trinajstić information content (AvgIpc) is 2.79. The van der Waals surface area contributed by atoms with Crippen LogP contribution in [0.15, 0.2) is 77.7 Å². The lowest BCUT2D eigenvalue weighted by Crippen LogP contribution is -2.49. The second-order valence-corrected chi connectivity index (χ2v) is 9.73. The van der Waals surface area contributed by atoms with Gasteiger partial charge in [0.25, 0.3) is 0 Å². The van der Waals surface area contributed by atoms with Gasteiger partial charge in [-0.3, -0.25) is 4.79 Å². The second-order valence-electron chi connectivity index (χ2n) is 8.01. The molecule has 1 amide bonds. The lowest BCUT2D eigenvalue weighted by Gasteiger charge is -2.22. The van der Waals surface area contributed by atoms with Gasteiger partial charge in [0.2, 0.25) is 15.9 Å². The number of carbonyl (C=O) groups excluding carboxylic acids is 1. The Morgan fingerprint density at radius 3 is 2.31 bits per heavy atom. The van der Waals surface area contributed by atoms with Gasteiger partial charge < -0.3 is 10.1 Å². The van der Waals surface area contributed by atoms with Crippen LogP contribution in [0.3, 0.4) is 0 Å². The van der Waals surface area contributed by atoms with Crippen molar-refractivity contribution < 1.29 is 17.9 Å². The Morgan fingerprint density at radius 2 is 1.59 bits per heavy atom. The number of nitrogens with one attached hydrogen (secondary N) is 2. The average molecular weight is 455 g/mol. The molecule has 7 heteroatoms. The molecular weight excluding hydrogens is 424 g/mol. The maximum atomic E-state index is 12.9. The van der Waals surface area contributed by atoms with E-state index < -0.39 is 16.1 Å². The van der Waals surface area contributed by atoms with Crippen LogP contribution in [0.1, 0.15) is 26.7 Å². The number of amides is 1. The molecule has 6 nitrogen and oxygen atoms in total. The Kier molecular flexibility index (Phi) is 8.25. The van der Waals surface area contributed by atoms with Gasteiger partial charge in [-0.2, -0.15) is 4.72 Å². The first-order valence-corrected chi connectivity index (χ1v) is 12.3. The molecule has 3 aromatic rings. The van der Waals surface area contributed by atoms with Crippen molar-refractivity contribution in [2.45, 2.75) is 37.6 Å². The number of sulfonamides is 1. The fourth-order valence-electron chi connectivity index (χ4n) is 3.32. The molecule has 1 atom stereocenters. The zero-order valence-electron chi connectivity index (χ0n) is 18.5. The van der Waals surface area contributed by atoms with Gasteiger partial charge in [-0.15, -0.1) is 0 Å². The quantitative estimate of drug-likeness (QED) is 0.427. The molecule has 0 radical (unpaired) electrons. The third kappa shape index (κ3) is 6.55. The van der Waals surface area contributed by atoms with Crippen molar-refractivity contribution in [3.63, 3.8) is 0 Å². The van der Waals surface area contributed by atoms with E-state index in [1.54, 1.807) is 18.2 Å². The molecule has 0 aliphatic rings. The van der Waals surface area contributed by atoms with Gasteiger partial charge in [0, 0.05) is 6.54 Å². The van der Waals surface area contributed by atoms with Crippen molar-refractivity contribution in [3.05, 3.63) is 72.8 Å². The van der Waals surface area contributed by atoms with Crippen LogP contribution in [0, 0.1) is 5.92 Å². The van der Waals surface area contributed by atoms with Crippen molar-refractivity contribution in [2.75, 3.05) is 13.2 Å². The molecule has 0 spiro atoms. The molecule has 170 valence electrons.